The number of carbonyl (C=O) groups excluding carboxylic acids is 1. The Hall–Kier alpha value is -1.61. The van der Waals surface area contributed by atoms with Gasteiger partial charge in [-0.1, -0.05) is 0 Å². The Morgan fingerprint density at radius 1 is 1.13 bits per heavy atom. The molecule has 0 spiro atoms. The highest BCUT2D eigenvalue weighted by molar-refractivity contribution is 5.85. The van der Waals surface area contributed by atoms with Crippen molar-refractivity contribution in [2.45, 2.75) is 6.18 Å². The van der Waals surface area contributed by atoms with Gasteiger partial charge in [0, 0.05) is 39.3 Å². The highest BCUT2D eigenvalue weighted by atomic mass is 35.5. The molecule has 0 atom stereocenters. The Kier molecular flexibility index (Phi) is 5.30. The minimum absolute atomic E-state index is 0. The highest BCUT2D eigenvalue weighted by Crippen LogP contribution is 2.27. The lowest BCUT2D eigenvalue weighted by atomic mass is 10.0. The Morgan fingerprint density at radius 3 is 2.22 bits per heavy atom. The third-order valence-electron chi connectivity index (χ3n) is 3.97. The number of piperazine rings is 1. The molecule has 2 fully saturated rings. The minimum Gasteiger partial charge on any atom is -0.352 e. The predicted octanol–water partition coefficient (Wildman–Crippen LogP) is 0.785. The smallest absolute Gasteiger partial charge is 0.352 e. The van der Waals surface area contributed by atoms with Gasteiger partial charge in [0.15, 0.2) is 5.69 Å². The van der Waals surface area contributed by atoms with Crippen molar-refractivity contribution in [3.8, 4) is 0 Å². The lowest BCUT2D eigenvalue weighted by Crippen LogP contribution is -2.56. The van der Waals surface area contributed by atoms with Crippen LogP contribution in [0.4, 0.5) is 19.0 Å². The minimum atomic E-state index is -4.48. The molecule has 6 nitrogen and oxygen atoms in total. The van der Waals surface area contributed by atoms with Gasteiger partial charge in [0.1, 0.15) is 5.82 Å². The van der Waals surface area contributed by atoms with Crippen LogP contribution >= 0.6 is 12.4 Å². The normalized spacial score (nSPS) is 19.1. The van der Waals surface area contributed by atoms with Gasteiger partial charge in [0.05, 0.1) is 18.3 Å². The molecule has 0 radical (unpaired) electrons. The summed E-state index contributed by atoms with van der Waals surface area (Å²) in [7, 11) is 0. The molecule has 0 unspecified atom stereocenters. The Labute approximate surface area is 137 Å². The average Bonchev–Trinajstić information content (AvgIpc) is 2.45. The monoisotopic (exact) mass is 351 g/mol. The Morgan fingerprint density at radius 2 is 1.78 bits per heavy atom. The molecule has 128 valence electrons. The van der Waals surface area contributed by atoms with Crippen molar-refractivity contribution in [2.24, 2.45) is 5.92 Å². The van der Waals surface area contributed by atoms with Crippen LogP contribution in [0.2, 0.25) is 0 Å². The van der Waals surface area contributed by atoms with Gasteiger partial charge < -0.3 is 15.1 Å². The maximum atomic E-state index is 12.5. The lowest BCUT2D eigenvalue weighted by molar-refractivity contribution is -0.141. The molecule has 1 aromatic rings. The van der Waals surface area contributed by atoms with Crippen LogP contribution < -0.4 is 10.2 Å². The van der Waals surface area contributed by atoms with Crippen LogP contribution in [0, 0.1) is 5.92 Å². The first-order valence-corrected chi connectivity index (χ1v) is 7.09. The summed E-state index contributed by atoms with van der Waals surface area (Å²) >= 11 is 0. The summed E-state index contributed by atoms with van der Waals surface area (Å²) in [5.41, 5.74) is -0.998. The SMILES string of the molecule is Cl.O=C(C1CNC1)N1CCN(c2cnc(C(F)(F)F)cn2)CC1. The van der Waals surface area contributed by atoms with E-state index in [1.165, 1.54) is 0 Å². The summed E-state index contributed by atoms with van der Waals surface area (Å²) in [6, 6.07) is 0. The number of amides is 1. The number of halogens is 4. The molecule has 3 heterocycles. The van der Waals surface area contributed by atoms with Crippen LogP contribution in [0.25, 0.3) is 0 Å². The van der Waals surface area contributed by atoms with Gasteiger partial charge in [-0.2, -0.15) is 13.2 Å². The second kappa shape index (κ2) is 6.88. The van der Waals surface area contributed by atoms with Crippen LogP contribution in [0.1, 0.15) is 5.69 Å². The van der Waals surface area contributed by atoms with Gasteiger partial charge >= 0.3 is 6.18 Å². The molecular formula is C13H17ClF3N5O. The average molecular weight is 352 g/mol. The van der Waals surface area contributed by atoms with Crippen molar-refractivity contribution in [3.63, 3.8) is 0 Å². The number of carbonyl (C=O) groups is 1. The van der Waals surface area contributed by atoms with Crippen molar-refractivity contribution in [1.29, 1.82) is 0 Å². The summed E-state index contributed by atoms with van der Waals surface area (Å²) in [6.07, 6.45) is -2.60. The molecule has 1 amide bonds. The van der Waals surface area contributed by atoms with Crippen LogP contribution in [0.5, 0.6) is 0 Å². The van der Waals surface area contributed by atoms with Crippen LogP contribution in [-0.2, 0) is 11.0 Å². The standard InChI is InChI=1S/C13H16F3N5O.ClH/c14-13(15,16)10-7-19-11(8-18-10)20-1-3-21(4-2-20)12(22)9-5-17-6-9;/h7-9,17H,1-6H2;1H. The number of hydrogen-bond acceptors (Lipinski definition) is 5. The summed E-state index contributed by atoms with van der Waals surface area (Å²) in [4.78, 5) is 23.0. The topological polar surface area (TPSA) is 61.4 Å². The summed E-state index contributed by atoms with van der Waals surface area (Å²) in [5.74, 6) is 0.625. The molecule has 23 heavy (non-hydrogen) atoms. The molecule has 3 rings (SSSR count). The number of rotatable bonds is 2. The van der Waals surface area contributed by atoms with Gasteiger partial charge in [-0.25, -0.2) is 9.97 Å². The number of hydrogen-bond donors (Lipinski definition) is 1. The summed E-state index contributed by atoms with van der Waals surface area (Å²) in [5, 5.41) is 3.07. The van der Waals surface area contributed by atoms with Crippen LogP contribution in [0.15, 0.2) is 12.4 Å². The molecule has 1 N–H and O–H groups in total. The van der Waals surface area contributed by atoms with Crippen molar-refractivity contribution in [1.82, 2.24) is 20.2 Å². The predicted molar refractivity (Wildman–Crippen MR) is 79.4 cm³/mol. The highest BCUT2D eigenvalue weighted by Gasteiger charge is 2.34. The largest absolute Gasteiger partial charge is 0.434 e. The first kappa shape index (κ1) is 17.7. The number of alkyl halides is 3. The molecular weight excluding hydrogens is 335 g/mol. The van der Waals surface area contributed by atoms with Gasteiger partial charge in [0.25, 0.3) is 0 Å². The summed E-state index contributed by atoms with van der Waals surface area (Å²) in [6.45, 7) is 3.65. The molecule has 2 saturated heterocycles. The lowest BCUT2D eigenvalue weighted by Gasteiger charge is -2.38. The molecule has 0 saturated carbocycles. The van der Waals surface area contributed by atoms with Gasteiger partial charge in [-0.3, -0.25) is 4.79 Å². The number of nitrogens with zero attached hydrogens (tertiary/aromatic N) is 4. The Balaban J connectivity index is 0.00000192. The van der Waals surface area contributed by atoms with Crippen molar-refractivity contribution >= 4 is 24.1 Å². The zero-order valence-electron chi connectivity index (χ0n) is 12.2. The second-order valence-corrected chi connectivity index (χ2v) is 5.43. The molecule has 0 aliphatic carbocycles. The number of nitrogens with one attached hydrogen (secondary N) is 1. The molecule has 10 heteroatoms. The molecule has 2 aliphatic heterocycles. The maximum absolute atomic E-state index is 12.5. The fourth-order valence-corrected chi connectivity index (χ4v) is 2.51. The van der Waals surface area contributed by atoms with Crippen molar-refractivity contribution in [3.05, 3.63) is 18.1 Å². The van der Waals surface area contributed by atoms with E-state index in [2.05, 4.69) is 15.3 Å². The van der Waals surface area contributed by atoms with E-state index in [1.54, 1.807) is 4.90 Å². The second-order valence-electron chi connectivity index (χ2n) is 5.43. The Bertz CT molecular complexity index is 542. The van der Waals surface area contributed by atoms with E-state index in [0.29, 0.717) is 32.0 Å². The van der Waals surface area contributed by atoms with Crippen LogP contribution in [-0.4, -0.2) is 60.0 Å². The summed E-state index contributed by atoms with van der Waals surface area (Å²) < 4.78 is 37.4. The zero-order chi connectivity index (χ0) is 15.7. The molecule has 0 bridgehead atoms. The fourth-order valence-electron chi connectivity index (χ4n) is 2.51. The van der Waals surface area contributed by atoms with E-state index >= 15 is 0 Å². The first-order valence-electron chi connectivity index (χ1n) is 7.09. The van der Waals surface area contributed by atoms with Crippen molar-refractivity contribution in [2.75, 3.05) is 44.2 Å². The third kappa shape index (κ3) is 3.84. The zero-order valence-corrected chi connectivity index (χ0v) is 13.0. The van der Waals surface area contributed by atoms with E-state index < -0.39 is 11.9 Å². The maximum Gasteiger partial charge on any atom is 0.434 e. The van der Waals surface area contributed by atoms with E-state index in [1.807, 2.05) is 4.90 Å². The van der Waals surface area contributed by atoms with E-state index in [4.69, 9.17) is 0 Å². The fraction of sp³-hybridized carbons (Fsp3) is 0.615. The molecule has 0 aromatic carbocycles. The van der Waals surface area contributed by atoms with Gasteiger partial charge in [-0.15, -0.1) is 12.4 Å². The van der Waals surface area contributed by atoms with E-state index in [0.717, 1.165) is 25.5 Å². The van der Waals surface area contributed by atoms with E-state index in [9.17, 15) is 18.0 Å². The van der Waals surface area contributed by atoms with E-state index in [-0.39, 0.29) is 24.2 Å². The van der Waals surface area contributed by atoms with Gasteiger partial charge in [0.2, 0.25) is 5.91 Å². The number of aromatic nitrogens is 2. The third-order valence-corrected chi connectivity index (χ3v) is 3.97. The van der Waals surface area contributed by atoms with Crippen LogP contribution in [0.3, 0.4) is 0 Å². The quantitative estimate of drug-likeness (QED) is 0.853. The molecule has 1 aromatic heterocycles. The van der Waals surface area contributed by atoms with Gasteiger partial charge in [-0.05, 0) is 0 Å². The van der Waals surface area contributed by atoms with Crippen molar-refractivity contribution < 1.29 is 18.0 Å². The number of anilines is 1. The first-order chi connectivity index (χ1) is 10.4. The molecule has 2 aliphatic rings.